The van der Waals surface area contributed by atoms with Crippen molar-refractivity contribution in [2.24, 2.45) is 0 Å². The van der Waals surface area contributed by atoms with Gasteiger partial charge in [-0.2, -0.15) is 0 Å². The van der Waals surface area contributed by atoms with Gasteiger partial charge in [-0.25, -0.2) is 4.98 Å². The molecule has 0 spiro atoms. The molecule has 0 aliphatic carbocycles. The number of methoxy groups -OCH3 is 1. The van der Waals surface area contributed by atoms with Crippen molar-refractivity contribution >= 4 is 16.9 Å². The molecule has 3 rings (SSSR count). The molecule has 0 unspecified atom stereocenters. The maximum Gasteiger partial charge on any atom is 0.311 e. The Balaban J connectivity index is 2.18. The Kier molecular flexibility index (Phi) is 3.16. The van der Waals surface area contributed by atoms with Crippen LogP contribution in [0.15, 0.2) is 49.1 Å². The van der Waals surface area contributed by atoms with Gasteiger partial charge in [-0.3, -0.25) is 9.78 Å². The zero-order chi connectivity index (χ0) is 13.9. The summed E-state index contributed by atoms with van der Waals surface area (Å²) in [6.07, 6.45) is 5.46. The van der Waals surface area contributed by atoms with Gasteiger partial charge in [0.05, 0.1) is 36.8 Å². The monoisotopic (exact) mass is 267 g/mol. The lowest BCUT2D eigenvalue weighted by molar-refractivity contribution is -0.139. The standard InChI is InChI=1S/C15H13N3O2/c1-20-15(19)9-11-8-14(18-7-6-16-10-18)12-4-2-3-5-13(12)17-11/h2-8,10H,9H2,1H3. The molecule has 20 heavy (non-hydrogen) atoms. The van der Waals surface area contributed by atoms with Crippen LogP contribution in [0.5, 0.6) is 0 Å². The Hall–Kier alpha value is -2.69. The van der Waals surface area contributed by atoms with Crippen molar-refractivity contribution < 1.29 is 9.53 Å². The van der Waals surface area contributed by atoms with Gasteiger partial charge < -0.3 is 9.30 Å². The van der Waals surface area contributed by atoms with Crippen LogP contribution in [0.25, 0.3) is 16.6 Å². The number of carbonyl (C=O) groups is 1. The first-order chi connectivity index (χ1) is 9.78. The van der Waals surface area contributed by atoms with E-state index in [1.165, 1.54) is 7.11 Å². The van der Waals surface area contributed by atoms with E-state index in [0.717, 1.165) is 16.6 Å². The van der Waals surface area contributed by atoms with Crippen LogP contribution < -0.4 is 0 Å². The number of fused-ring (bicyclic) bond motifs is 1. The molecule has 0 fully saturated rings. The molecule has 0 aliphatic heterocycles. The second kappa shape index (κ2) is 5.13. The lowest BCUT2D eigenvalue weighted by Crippen LogP contribution is -2.07. The zero-order valence-electron chi connectivity index (χ0n) is 11.0. The van der Waals surface area contributed by atoms with Gasteiger partial charge in [-0.05, 0) is 12.1 Å². The van der Waals surface area contributed by atoms with Crippen molar-refractivity contribution in [2.75, 3.05) is 7.11 Å². The fourth-order valence-electron chi connectivity index (χ4n) is 2.14. The summed E-state index contributed by atoms with van der Waals surface area (Å²) in [5.74, 6) is -0.302. The van der Waals surface area contributed by atoms with E-state index in [1.807, 2.05) is 41.1 Å². The van der Waals surface area contributed by atoms with E-state index < -0.39 is 0 Å². The van der Waals surface area contributed by atoms with E-state index in [9.17, 15) is 4.79 Å². The number of nitrogens with zero attached hydrogens (tertiary/aromatic N) is 3. The Bertz CT molecular complexity index is 751. The number of rotatable bonds is 3. The highest BCUT2D eigenvalue weighted by Crippen LogP contribution is 2.22. The number of carbonyl (C=O) groups excluding carboxylic acids is 1. The summed E-state index contributed by atoms with van der Waals surface area (Å²) in [6, 6.07) is 9.70. The van der Waals surface area contributed by atoms with Gasteiger partial charge in [0.15, 0.2) is 0 Å². The summed E-state index contributed by atoms with van der Waals surface area (Å²) in [5.41, 5.74) is 2.48. The molecule has 0 radical (unpaired) electrons. The van der Waals surface area contributed by atoms with Gasteiger partial charge in [0.2, 0.25) is 0 Å². The SMILES string of the molecule is COC(=O)Cc1cc(-n2ccnc2)c2ccccc2n1. The van der Waals surface area contributed by atoms with Crippen molar-refractivity contribution in [1.29, 1.82) is 0 Å². The second-order valence-electron chi connectivity index (χ2n) is 4.37. The van der Waals surface area contributed by atoms with E-state index in [0.29, 0.717) is 5.69 Å². The minimum absolute atomic E-state index is 0.156. The van der Waals surface area contributed by atoms with Crippen LogP contribution >= 0.6 is 0 Å². The number of hydrogen-bond donors (Lipinski definition) is 0. The van der Waals surface area contributed by atoms with E-state index in [4.69, 9.17) is 4.74 Å². The zero-order valence-corrected chi connectivity index (χ0v) is 11.0. The van der Waals surface area contributed by atoms with Gasteiger partial charge in [-0.15, -0.1) is 0 Å². The molecule has 0 saturated heterocycles. The van der Waals surface area contributed by atoms with Gasteiger partial charge >= 0.3 is 5.97 Å². The first-order valence-electron chi connectivity index (χ1n) is 6.22. The number of imidazole rings is 1. The van der Waals surface area contributed by atoms with Crippen molar-refractivity contribution in [2.45, 2.75) is 6.42 Å². The first-order valence-corrected chi connectivity index (χ1v) is 6.22. The second-order valence-corrected chi connectivity index (χ2v) is 4.37. The third-order valence-corrected chi connectivity index (χ3v) is 3.08. The first kappa shape index (κ1) is 12.3. The molecule has 0 amide bonds. The highest BCUT2D eigenvalue weighted by Gasteiger charge is 2.10. The molecule has 0 atom stereocenters. The minimum Gasteiger partial charge on any atom is -0.469 e. The van der Waals surface area contributed by atoms with Gasteiger partial charge in [-0.1, -0.05) is 18.2 Å². The highest BCUT2D eigenvalue weighted by molar-refractivity contribution is 5.88. The van der Waals surface area contributed by atoms with E-state index in [2.05, 4.69) is 9.97 Å². The molecule has 5 heteroatoms. The van der Waals surface area contributed by atoms with Crippen LogP contribution in [0.1, 0.15) is 5.69 Å². The average molecular weight is 267 g/mol. The Morgan fingerprint density at radius 2 is 2.20 bits per heavy atom. The lowest BCUT2D eigenvalue weighted by atomic mass is 10.1. The summed E-state index contributed by atoms with van der Waals surface area (Å²) in [6.45, 7) is 0. The molecule has 2 heterocycles. The van der Waals surface area contributed by atoms with Crippen LogP contribution in [0.3, 0.4) is 0 Å². The normalized spacial score (nSPS) is 10.7. The van der Waals surface area contributed by atoms with Crippen LogP contribution in [-0.4, -0.2) is 27.6 Å². The largest absolute Gasteiger partial charge is 0.469 e. The fourth-order valence-corrected chi connectivity index (χ4v) is 2.14. The number of ether oxygens (including phenoxy) is 1. The fraction of sp³-hybridized carbons (Fsp3) is 0.133. The molecular formula is C15H13N3O2. The predicted octanol–water partition coefficient (Wildman–Crippen LogP) is 2.14. The predicted molar refractivity (Wildman–Crippen MR) is 74.6 cm³/mol. The van der Waals surface area contributed by atoms with Crippen molar-refractivity contribution in [1.82, 2.24) is 14.5 Å². The molecule has 0 aliphatic rings. The minimum atomic E-state index is -0.302. The van der Waals surface area contributed by atoms with Crippen LogP contribution in [-0.2, 0) is 16.0 Å². The molecule has 1 aromatic carbocycles. The van der Waals surface area contributed by atoms with Crippen LogP contribution in [0.4, 0.5) is 0 Å². The molecule has 0 bridgehead atoms. The van der Waals surface area contributed by atoms with E-state index >= 15 is 0 Å². The Morgan fingerprint density at radius 3 is 2.95 bits per heavy atom. The lowest BCUT2D eigenvalue weighted by Gasteiger charge is -2.09. The van der Waals surface area contributed by atoms with Gasteiger partial charge in [0.25, 0.3) is 0 Å². The van der Waals surface area contributed by atoms with E-state index in [1.54, 1.807) is 12.5 Å². The quantitative estimate of drug-likeness (QED) is 0.682. The van der Waals surface area contributed by atoms with Gasteiger partial charge in [0, 0.05) is 17.8 Å². The number of para-hydroxylation sites is 1. The molecule has 100 valence electrons. The number of esters is 1. The molecule has 0 N–H and O–H groups in total. The summed E-state index contributed by atoms with van der Waals surface area (Å²) in [7, 11) is 1.38. The maximum atomic E-state index is 11.4. The Labute approximate surface area is 115 Å². The van der Waals surface area contributed by atoms with Crippen LogP contribution in [0, 0.1) is 0 Å². The number of pyridine rings is 1. The molecule has 2 aromatic heterocycles. The molecule has 5 nitrogen and oxygen atoms in total. The number of benzene rings is 1. The van der Waals surface area contributed by atoms with Crippen molar-refractivity contribution in [3.8, 4) is 5.69 Å². The summed E-state index contributed by atoms with van der Waals surface area (Å²) in [5, 5.41) is 1.01. The Morgan fingerprint density at radius 1 is 1.35 bits per heavy atom. The molecular weight excluding hydrogens is 254 g/mol. The molecule has 0 saturated carbocycles. The van der Waals surface area contributed by atoms with Crippen molar-refractivity contribution in [3.63, 3.8) is 0 Å². The third kappa shape index (κ3) is 2.25. The summed E-state index contributed by atoms with van der Waals surface area (Å²) in [4.78, 5) is 20.0. The third-order valence-electron chi connectivity index (χ3n) is 3.08. The van der Waals surface area contributed by atoms with E-state index in [-0.39, 0.29) is 12.4 Å². The maximum absolute atomic E-state index is 11.4. The van der Waals surface area contributed by atoms with Crippen LogP contribution in [0.2, 0.25) is 0 Å². The molecule has 3 aromatic rings. The number of hydrogen-bond acceptors (Lipinski definition) is 4. The summed E-state index contributed by atoms with van der Waals surface area (Å²) < 4.78 is 6.61. The number of aromatic nitrogens is 3. The van der Waals surface area contributed by atoms with Gasteiger partial charge in [0.1, 0.15) is 0 Å². The smallest absolute Gasteiger partial charge is 0.311 e. The summed E-state index contributed by atoms with van der Waals surface area (Å²) >= 11 is 0. The average Bonchev–Trinajstić information content (AvgIpc) is 3.00. The topological polar surface area (TPSA) is 57.0 Å². The highest BCUT2D eigenvalue weighted by atomic mass is 16.5. The van der Waals surface area contributed by atoms with Crippen molar-refractivity contribution in [3.05, 3.63) is 54.7 Å².